The van der Waals surface area contributed by atoms with Crippen LogP contribution in [0.25, 0.3) is 0 Å². The molecule has 11 heavy (non-hydrogen) atoms. The summed E-state index contributed by atoms with van der Waals surface area (Å²) in [7, 11) is -5.17. The van der Waals surface area contributed by atoms with Crippen molar-refractivity contribution in [3.8, 4) is 0 Å². The standard InChI is InChI=1S/C3H10N2.H2O4S.Pt/c1-3(2)5-4;1-5(2,3)4;/h3,5H,4H2,1-2H3;(H2,1,2,3,4);/q;;+2/p-2. The van der Waals surface area contributed by atoms with Gasteiger partial charge in [0, 0.05) is 16.4 Å². The SMILES string of the molecule is CC(C)NN.O=S(=O)([O-])[O-].[Pt+2]. The van der Waals surface area contributed by atoms with E-state index >= 15 is 0 Å². The predicted molar refractivity (Wildman–Crippen MR) is 32.9 cm³/mol. The third-order valence-electron chi connectivity index (χ3n) is 0.333. The molecule has 0 aliphatic heterocycles. The van der Waals surface area contributed by atoms with Crippen LogP contribution in [0.2, 0.25) is 0 Å². The van der Waals surface area contributed by atoms with Crippen molar-refractivity contribution in [3.05, 3.63) is 0 Å². The smallest absolute Gasteiger partial charge is 0.759 e. The van der Waals surface area contributed by atoms with Crippen LogP contribution in [0, 0.1) is 0 Å². The Morgan fingerprint density at radius 1 is 1.36 bits per heavy atom. The van der Waals surface area contributed by atoms with Crippen LogP contribution in [0.4, 0.5) is 0 Å². The molecule has 8 heteroatoms. The van der Waals surface area contributed by atoms with Crippen molar-refractivity contribution >= 4 is 10.4 Å². The van der Waals surface area contributed by atoms with Gasteiger partial charge in [0.1, 0.15) is 0 Å². The molecule has 0 aromatic heterocycles. The average Bonchev–Trinajstić information content (AvgIpc) is 1.61. The number of hydrogen-bond donors (Lipinski definition) is 2. The van der Waals surface area contributed by atoms with Gasteiger partial charge in [0.15, 0.2) is 0 Å². The number of rotatable bonds is 1. The molecule has 0 aromatic rings. The molecule has 0 aromatic carbocycles. The van der Waals surface area contributed by atoms with Gasteiger partial charge < -0.3 is 9.11 Å². The summed E-state index contributed by atoms with van der Waals surface area (Å²) in [5.74, 6) is 4.92. The molecule has 0 bridgehead atoms. The molecule has 6 nitrogen and oxygen atoms in total. The van der Waals surface area contributed by atoms with Gasteiger partial charge in [-0.15, -0.1) is 0 Å². The first-order valence-electron chi connectivity index (χ1n) is 2.40. The molecule has 0 aliphatic rings. The minimum absolute atomic E-state index is 0. The van der Waals surface area contributed by atoms with Gasteiger partial charge in [-0.05, 0) is 13.8 Å². The second-order valence-electron chi connectivity index (χ2n) is 1.73. The van der Waals surface area contributed by atoms with Crippen LogP contribution >= 0.6 is 0 Å². The maximum Gasteiger partial charge on any atom is 2.00 e. The largest absolute Gasteiger partial charge is 2.00 e. The molecule has 0 fully saturated rings. The third-order valence-corrected chi connectivity index (χ3v) is 0.333. The Bertz CT molecular complexity index is 149. The Kier molecular flexibility index (Phi) is 13.7. The summed E-state index contributed by atoms with van der Waals surface area (Å²) in [4.78, 5) is 0. The van der Waals surface area contributed by atoms with E-state index in [9.17, 15) is 0 Å². The van der Waals surface area contributed by atoms with Crippen LogP contribution in [0.15, 0.2) is 0 Å². The summed E-state index contributed by atoms with van der Waals surface area (Å²) in [5, 5.41) is 0. The van der Waals surface area contributed by atoms with E-state index in [4.69, 9.17) is 23.4 Å². The Labute approximate surface area is 80.4 Å². The minimum Gasteiger partial charge on any atom is -0.759 e. The molecular formula is C3H10N2O4PtS. The van der Waals surface area contributed by atoms with Crippen LogP contribution in [0.3, 0.4) is 0 Å². The quantitative estimate of drug-likeness (QED) is 0.253. The van der Waals surface area contributed by atoms with E-state index in [1.54, 1.807) is 0 Å². The van der Waals surface area contributed by atoms with Crippen LogP contribution in [0.5, 0.6) is 0 Å². The van der Waals surface area contributed by atoms with E-state index in [-0.39, 0.29) is 21.1 Å². The molecule has 0 unspecified atom stereocenters. The molecule has 0 spiro atoms. The summed E-state index contributed by atoms with van der Waals surface area (Å²) in [5.41, 5.74) is 2.53. The van der Waals surface area contributed by atoms with E-state index in [2.05, 4.69) is 5.43 Å². The molecule has 3 N–H and O–H groups in total. The van der Waals surface area contributed by atoms with Gasteiger partial charge in [-0.1, -0.05) is 0 Å². The molecule has 0 aliphatic carbocycles. The molecule has 0 heterocycles. The zero-order valence-electron chi connectivity index (χ0n) is 6.01. The predicted octanol–water partition coefficient (Wildman–Crippen LogP) is -1.48. The Morgan fingerprint density at radius 3 is 1.45 bits per heavy atom. The Morgan fingerprint density at radius 2 is 1.45 bits per heavy atom. The van der Waals surface area contributed by atoms with E-state index < -0.39 is 10.4 Å². The first-order valence-corrected chi connectivity index (χ1v) is 3.73. The van der Waals surface area contributed by atoms with Gasteiger partial charge in [0.25, 0.3) is 0 Å². The van der Waals surface area contributed by atoms with Crippen molar-refractivity contribution in [1.82, 2.24) is 5.43 Å². The number of hydrazine groups is 1. The van der Waals surface area contributed by atoms with Crippen molar-refractivity contribution in [2.45, 2.75) is 19.9 Å². The average molecular weight is 365 g/mol. The molecule has 0 saturated carbocycles. The first kappa shape index (κ1) is 17.5. The fourth-order valence-corrected chi connectivity index (χ4v) is 0. The van der Waals surface area contributed by atoms with E-state index in [0.717, 1.165) is 0 Å². The minimum atomic E-state index is -5.17. The summed E-state index contributed by atoms with van der Waals surface area (Å²) in [6, 6.07) is 0.412. The Balaban J connectivity index is -0.000000107. The second kappa shape index (κ2) is 8.57. The van der Waals surface area contributed by atoms with E-state index in [1.165, 1.54) is 0 Å². The molecule has 0 amide bonds. The first-order chi connectivity index (χ1) is 4.27. The summed E-state index contributed by atoms with van der Waals surface area (Å²) < 4.78 is 34.1. The molecule has 72 valence electrons. The van der Waals surface area contributed by atoms with Gasteiger partial charge in [0.2, 0.25) is 0 Å². The fourth-order valence-electron chi connectivity index (χ4n) is 0. The number of nitrogens with one attached hydrogen (secondary N) is 1. The number of nitrogens with two attached hydrogens (primary N) is 1. The van der Waals surface area contributed by atoms with Gasteiger partial charge in [0.05, 0.1) is 0 Å². The van der Waals surface area contributed by atoms with Gasteiger partial charge >= 0.3 is 21.1 Å². The van der Waals surface area contributed by atoms with Crippen LogP contribution < -0.4 is 11.3 Å². The van der Waals surface area contributed by atoms with Crippen LogP contribution in [-0.2, 0) is 31.5 Å². The zero-order valence-corrected chi connectivity index (χ0v) is 9.10. The molecule has 0 rings (SSSR count). The summed E-state index contributed by atoms with van der Waals surface area (Å²) in [6.45, 7) is 3.97. The van der Waals surface area contributed by atoms with E-state index in [0.29, 0.717) is 6.04 Å². The third kappa shape index (κ3) is 123. The van der Waals surface area contributed by atoms with Crippen molar-refractivity contribution in [2.24, 2.45) is 5.84 Å². The van der Waals surface area contributed by atoms with Crippen LogP contribution in [0.1, 0.15) is 13.8 Å². The van der Waals surface area contributed by atoms with Crippen molar-refractivity contribution in [1.29, 1.82) is 0 Å². The van der Waals surface area contributed by atoms with Gasteiger partial charge in [-0.3, -0.25) is 19.7 Å². The van der Waals surface area contributed by atoms with Gasteiger partial charge in [-0.25, -0.2) is 0 Å². The van der Waals surface area contributed by atoms with Crippen molar-refractivity contribution < 1.29 is 38.6 Å². The maximum atomic E-state index is 8.52. The monoisotopic (exact) mass is 365 g/mol. The van der Waals surface area contributed by atoms with Crippen molar-refractivity contribution in [3.63, 3.8) is 0 Å². The Hall–Kier alpha value is 0.478. The molecule has 0 saturated heterocycles. The molecule has 0 atom stereocenters. The number of hydrogen-bond acceptors (Lipinski definition) is 6. The maximum absolute atomic E-state index is 8.52. The fraction of sp³-hybridized carbons (Fsp3) is 1.00. The van der Waals surface area contributed by atoms with Crippen LogP contribution in [-0.4, -0.2) is 23.6 Å². The molecule has 0 radical (unpaired) electrons. The van der Waals surface area contributed by atoms with E-state index in [1.807, 2.05) is 13.8 Å². The second-order valence-corrected chi connectivity index (χ2v) is 2.55. The summed E-state index contributed by atoms with van der Waals surface area (Å²) in [6.07, 6.45) is 0. The normalized spacial score (nSPS) is 9.64. The topological polar surface area (TPSA) is 118 Å². The summed E-state index contributed by atoms with van der Waals surface area (Å²) >= 11 is 0. The molecular weight excluding hydrogens is 355 g/mol. The zero-order chi connectivity index (χ0) is 8.78. The van der Waals surface area contributed by atoms with Gasteiger partial charge in [-0.2, -0.15) is 0 Å². The van der Waals surface area contributed by atoms with Crippen molar-refractivity contribution in [2.75, 3.05) is 0 Å².